The second kappa shape index (κ2) is 36.2. The van der Waals surface area contributed by atoms with Gasteiger partial charge >= 0.3 is 0 Å². The van der Waals surface area contributed by atoms with E-state index in [1.54, 1.807) is 0 Å². The molecule has 4 heterocycles. The summed E-state index contributed by atoms with van der Waals surface area (Å²) in [7, 11) is 0. The molecular formula is C137H137BN4. The molecule has 5 heteroatoms. The van der Waals surface area contributed by atoms with Crippen LogP contribution in [0.3, 0.4) is 0 Å². The van der Waals surface area contributed by atoms with Gasteiger partial charge < -0.3 is 18.9 Å². The third-order valence-electron chi connectivity index (χ3n) is 27.9. The van der Waals surface area contributed by atoms with Crippen molar-refractivity contribution in [2.75, 3.05) is 9.80 Å². The van der Waals surface area contributed by atoms with Gasteiger partial charge in [0.1, 0.15) is 0 Å². The average molecular weight is 1850 g/mol. The van der Waals surface area contributed by atoms with Crippen LogP contribution in [0, 0.1) is 37.9 Å². The molecule has 0 fully saturated rings. The summed E-state index contributed by atoms with van der Waals surface area (Å²) < 4.78 is 48.4. The van der Waals surface area contributed by atoms with Crippen LogP contribution in [0.5, 0.6) is 0 Å². The monoisotopic (exact) mass is 1850 g/mol. The van der Waals surface area contributed by atoms with Gasteiger partial charge in [0.15, 0.2) is 0 Å². The van der Waals surface area contributed by atoms with Crippen molar-refractivity contribution in [2.45, 2.75) is 190 Å². The highest BCUT2D eigenvalue weighted by Crippen LogP contribution is 2.57. The van der Waals surface area contributed by atoms with E-state index in [0.29, 0.717) is 17.5 Å². The maximum absolute atomic E-state index is 10.8. The molecule has 21 rings (SSSR count). The predicted molar refractivity (Wildman–Crippen MR) is 615 cm³/mol. The molecule has 19 aromatic rings. The van der Waals surface area contributed by atoms with Crippen LogP contribution in [0.25, 0.3) is 144 Å². The molecule has 17 aromatic carbocycles. The lowest BCUT2D eigenvalue weighted by Crippen LogP contribution is -2.61. The van der Waals surface area contributed by atoms with Gasteiger partial charge in [-0.25, -0.2) is 0 Å². The quantitative estimate of drug-likeness (QED) is 0.0750. The van der Waals surface area contributed by atoms with Gasteiger partial charge in [0.05, 0.1) is 33.4 Å². The molecule has 4 nitrogen and oxygen atoms in total. The van der Waals surface area contributed by atoms with Gasteiger partial charge in [-0.15, -0.1) is 0 Å². The summed E-state index contributed by atoms with van der Waals surface area (Å²) in [5.74, 6) is 0. The van der Waals surface area contributed by atoms with Crippen molar-refractivity contribution in [3.8, 4) is 100 Å². The molecule has 2 aliphatic heterocycles. The van der Waals surface area contributed by atoms with E-state index in [9.17, 15) is 5.48 Å². The maximum Gasteiger partial charge on any atom is 0.252 e. The van der Waals surface area contributed by atoms with Gasteiger partial charge in [0.2, 0.25) is 0 Å². The lowest BCUT2D eigenvalue weighted by Gasteiger charge is -2.46. The van der Waals surface area contributed by atoms with Crippen molar-refractivity contribution < 1.29 is 5.48 Å². The van der Waals surface area contributed by atoms with Crippen LogP contribution in [0.2, 0.25) is 0 Å². The minimum atomic E-state index is -1.86. The first kappa shape index (κ1) is 89.4. The number of fused-ring (bicyclic) bond motifs is 10. The largest absolute Gasteiger partial charge is 0.310 e. The summed E-state index contributed by atoms with van der Waals surface area (Å²) in [6, 6.07) is 138. The zero-order valence-corrected chi connectivity index (χ0v) is 87.0. The fraction of sp³-hybridized carbons (Fsp3) is 0.255. The van der Waals surface area contributed by atoms with Crippen LogP contribution >= 0.6 is 0 Å². The number of rotatable bonds is 19. The Labute approximate surface area is 851 Å². The molecule has 0 spiro atoms. The molecule has 0 atom stereocenters. The predicted octanol–water partition coefficient (Wildman–Crippen LogP) is 36.4. The normalized spacial score (nSPS) is 13.7. The third-order valence-corrected chi connectivity index (χ3v) is 27.9. The van der Waals surface area contributed by atoms with Crippen molar-refractivity contribution in [3.05, 3.63) is 403 Å². The fourth-order valence-corrected chi connectivity index (χ4v) is 22.8. The Morgan fingerprint density at radius 2 is 0.458 bits per heavy atom. The topological polar surface area (TPSA) is 16.3 Å². The van der Waals surface area contributed by atoms with E-state index >= 15 is 0 Å². The summed E-state index contributed by atoms with van der Waals surface area (Å²) in [6.07, 6.45) is 0.188. The van der Waals surface area contributed by atoms with Crippen LogP contribution < -0.4 is 26.2 Å². The first-order valence-electron chi connectivity index (χ1n) is 53.4. The number of nitrogens with zero attached hydrogens (tertiary/aromatic N) is 4. The molecule has 708 valence electrons. The first-order valence-corrected chi connectivity index (χ1v) is 51.4. The molecule has 0 radical (unpaired) electrons. The number of benzene rings is 17. The van der Waals surface area contributed by atoms with Crippen LogP contribution in [0.4, 0.5) is 34.1 Å². The van der Waals surface area contributed by atoms with Crippen molar-refractivity contribution in [2.24, 2.45) is 37.9 Å². The Balaban J connectivity index is 0.967. The van der Waals surface area contributed by atoms with Gasteiger partial charge in [-0.3, -0.25) is 0 Å². The van der Waals surface area contributed by atoms with Gasteiger partial charge in [-0.05, 0) is 314 Å². The maximum atomic E-state index is 10.8. The van der Waals surface area contributed by atoms with E-state index in [-0.39, 0.29) is 27.1 Å². The molecule has 0 saturated heterocycles. The van der Waals surface area contributed by atoms with E-state index in [4.69, 9.17) is 0 Å². The second-order valence-electron chi connectivity index (χ2n) is 48.8. The van der Waals surface area contributed by atoms with Crippen molar-refractivity contribution in [1.29, 1.82) is 0 Å². The molecule has 2 aliphatic rings. The SMILES string of the molecule is [2H]C([2H])(c1cc(-c2cccc(CC(C)(C)C)c2)c(N2c3cc(-n4c5ccc(-c6ccccc6)cc5c5cc(-c6ccccc6)ccc54)ccc3B3c4ccc(-n5c6ccc(-c7ccccc7)cc6c6cc(-c7ccccc7)ccc65)cc4N(c4c(-c5cccc(CC(C)(C)C)c5)cc(C([2H])([2H])C(C)(C)C)cc4-c4cccc(CC(C)(C)C)c4)c4cc(CC(C)(C)C)cc2c43)c(-c2cccc(CC(C)(C)C)c2)c1)C(C)(C)C. The fourth-order valence-electron chi connectivity index (χ4n) is 22.8. The molecule has 0 amide bonds. The zero-order chi connectivity index (χ0) is 103. The van der Waals surface area contributed by atoms with E-state index in [2.05, 4.69) is 528 Å². The van der Waals surface area contributed by atoms with E-state index in [1.807, 2.05) is 0 Å². The molecule has 2 aromatic heterocycles. The Hall–Kier alpha value is -14.0. The van der Waals surface area contributed by atoms with Gasteiger partial charge in [-0.2, -0.15) is 0 Å². The third kappa shape index (κ3) is 19.3. The van der Waals surface area contributed by atoms with Crippen LogP contribution in [0.15, 0.2) is 364 Å². The number of hydrogen-bond donors (Lipinski definition) is 0. The average Bonchev–Trinajstić information content (AvgIpc) is 0.768. The summed E-state index contributed by atoms with van der Waals surface area (Å²) in [5, 5.41) is 4.58. The summed E-state index contributed by atoms with van der Waals surface area (Å²) in [6.45, 7) is 46.9. The molecule has 0 N–H and O–H groups in total. The Morgan fingerprint density at radius 1 is 0.204 bits per heavy atom. The van der Waals surface area contributed by atoms with Gasteiger partial charge in [0, 0.05) is 83.4 Å². The lowest BCUT2D eigenvalue weighted by molar-refractivity contribution is 0.410. The Morgan fingerprint density at radius 3 is 0.711 bits per heavy atom. The number of hydrogen-bond acceptors (Lipinski definition) is 2. The smallest absolute Gasteiger partial charge is 0.252 e. The highest BCUT2D eigenvalue weighted by atomic mass is 15.2. The number of anilines is 6. The first-order chi connectivity index (χ1) is 69.2. The van der Waals surface area contributed by atoms with E-state index in [1.165, 1.54) is 22.3 Å². The standard InChI is InChI=1S/C137H137BN4/c1-131(2,3)82-89-38-34-50-104(66-89)110-70-93(86-135(13,14)15)71-111(105-51-35-39-90(67-105)83-132(4,5)6)129(110)141-124-80-108(139-120-62-54-100(96-42-26-22-27-43-96)76-114(120)115-77-101(55-63-121(115)139)97-44-28-23-29-45-97)58-60-118(124)138-119-61-59-109(140-122-64-56-102(98-46-30-24-31-47-98)78-116(122)117-79-103(57-65-123(117)140)99-48-32-25-33-49-99)81-125(119)142(127-75-95(88-137(19,20)21)74-126(141)128(127)138)130-112(106-52-36-40-91(68-106)84-133(7,8)9)72-94(87-136(16,17)18)73-113(130)107-53-37-41-92(69-107)85-134(10,11)12/h22-81H,82-88H2,1-21H3/i86D2,87D2. The number of aromatic nitrogens is 2. The molecule has 0 unspecified atom stereocenters. The minimum absolute atomic E-state index is 0.0806. The van der Waals surface area contributed by atoms with E-state index in [0.717, 1.165) is 226 Å². The summed E-state index contributed by atoms with van der Waals surface area (Å²) >= 11 is 0. The van der Waals surface area contributed by atoms with Crippen molar-refractivity contribution in [3.63, 3.8) is 0 Å². The minimum Gasteiger partial charge on any atom is -0.310 e. The van der Waals surface area contributed by atoms with Crippen LogP contribution in [-0.2, 0) is 44.8 Å². The van der Waals surface area contributed by atoms with Crippen molar-refractivity contribution in [1.82, 2.24) is 9.13 Å². The lowest BCUT2D eigenvalue weighted by atomic mass is 9.33. The summed E-state index contributed by atoms with van der Waals surface area (Å²) in [5.41, 5.74) is 37.1. The zero-order valence-electron chi connectivity index (χ0n) is 91.0. The summed E-state index contributed by atoms with van der Waals surface area (Å²) in [4.78, 5) is 5.39. The highest BCUT2D eigenvalue weighted by Gasteiger charge is 2.47. The highest BCUT2D eigenvalue weighted by molar-refractivity contribution is 7.00. The second-order valence-corrected chi connectivity index (χ2v) is 48.8. The van der Waals surface area contributed by atoms with Gasteiger partial charge in [-0.1, -0.05) is 400 Å². The Kier molecular flexibility index (Phi) is 22.8. The molecular weight excluding hydrogens is 1710 g/mol. The van der Waals surface area contributed by atoms with E-state index < -0.39 is 30.3 Å². The molecule has 142 heavy (non-hydrogen) atoms. The van der Waals surface area contributed by atoms with Crippen molar-refractivity contribution >= 4 is 101 Å². The van der Waals surface area contributed by atoms with Crippen LogP contribution in [-0.4, -0.2) is 15.8 Å². The molecule has 0 aliphatic carbocycles. The molecule has 0 bridgehead atoms. The molecule has 0 saturated carbocycles. The van der Waals surface area contributed by atoms with Crippen LogP contribution in [0.1, 0.15) is 190 Å². The van der Waals surface area contributed by atoms with Gasteiger partial charge in [0.25, 0.3) is 6.71 Å². The Bertz CT molecular complexity index is 7460.